The molecular formula is C20H24ClNO2. The van der Waals surface area contributed by atoms with Crippen LogP contribution in [-0.2, 0) is 6.54 Å². The number of aliphatic hydroxyl groups excluding tert-OH is 1. The maximum atomic E-state index is 10.2. The summed E-state index contributed by atoms with van der Waals surface area (Å²) in [5.74, 6) is 1.50. The van der Waals surface area contributed by atoms with Gasteiger partial charge < -0.3 is 15.2 Å². The lowest BCUT2D eigenvalue weighted by atomic mass is 10.0. The number of rotatable bonds is 7. The van der Waals surface area contributed by atoms with Crippen molar-refractivity contribution in [2.45, 2.75) is 32.9 Å². The Balaban J connectivity index is 2.41. The van der Waals surface area contributed by atoms with E-state index < -0.39 is 6.10 Å². The van der Waals surface area contributed by atoms with Gasteiger partial charge in [-0.2, -0.15) is 0 Å². The highest BCUT2D eigenvalue weighted by Crippen LogP contribution is 2.34. The van der Waals surface area contributed by atoms with Crippen LogP contribution in [0.4, 0.5) is 0 Å². The van der Waals surface area contributed by atoms with Gasteiger partial charge in [0.2, 0.25) is 0 Å². The normalized spacial score (nSPS) is 12.0. The summed E-state index contributed by atoms with van der Waals surface area (Å²) < 4.78 is 6.16. The highest BCUT2D eigenvalue weighted by molar-refractivity contribution is 6.31. The van der Waals surface area contributed by atoms with Gasteiger partial charge in [-0.05, 0) is 62.2 Å². The average Bonchev–Trinajstić information content (AvgIpc) is 2.57. The third-order valence-electron chi connectivity index (χ3n) is 4.12. The Morgan fingerprint density at radius 3 is 2.62 bits per heavy atom. The largest absolute Gasteiger partial charge is 0.457 e. The van der Waals surface area contributed by atoms with E-state index in [0.717, 1.165) is 38.8 Å². The molecule has 2 N–H and O–H groups in total. The second kappa shape index (κ2) is 8.34. The number of benzene rings is 2. The van der Waals surface area contributed by atoms with Crippen molar-refractivity contribution in [3.05, 3.63) is 70.3 Å². The molecule has 0 fully saturated rings. The first kappa shape index (κ1) is 18.5. The van der Waals surface area contributed by atoms with Crippen LogP contribution in [0, 0.1) is 13.8 Å². The molecule has 4 heteroatoms. The van der Waals surface area contributed by atoms with E-state index >= 15 is 0 Å². The number of halogens is 1. The molecule has 0 amide bonds. The van der Waals surface area contributed by atoms with E-state index in [1.165, 1.54) is 0 Å². The lowest BCUT2D eigenvalue weighted by molar-refractivity contribution is 0.181. The van der Waals surface area contributed by atoms with E-state index in [1.54, 1.807) is 6.08 Å². The second-order valence-electron chi connectivity index (χ2n) is 5.84. The highest BCUT2D eigenvalue weighted by Gasteiger charge is 2.13. The smallest absolute Gasteiger partial charge is 0.132 e. The third kappa shape index (κ3) is 4.18. The molecule has 0 radical (unpaired) electrons. The summed E-state index contributed by atoms with van der Waals surface area (Å²) in [5.41, 5.74) is 3.86. The van der Waals surface area contributed by atoms with E-state index in [1.807, 2.05) is 51.2 Å². The first-order valence-corrected chi connectivity index (χ1v) is 8.35. The van der Waals surface area contributed by atoms with Crippen molar-refractivity contribution in [2.24, 2.45) is 0 Å². The van der Waals surface area contributed by atoms with Crippen molar-refractivity contribution in [1.29, 1.82) is 0 Å². The molecule has 1 atom stereocenters. The number of hydrogen-bond donors (Lipinski definition) is 2. The van der Waals surface area contributed by atoms with Crippen molar-refractivity contribution in [1.82, 2.24) is 5.32 Å². The Labute approximate surface area is 148 Å². The van der Waals surface area contributed by atoms with E-state index in [4.69, 9.17) is 16.3 Å². The predicted molar refractivity (Wildman–Crippen MR) is 100.0 cm³/mol. The summed E-state index contributed by atoms with van der Waals surface area (Å²) >= 11 is 6.16. The van der Waals surface area contributed by atoms with Crippen molar-refractivity contribution in [2.75, 3.05) is 7.05 Å². The summed E-state index contributed by atoms with van der Waals surface area (Å²) in [6.07, 6.45) is 1.63. The molecule has 24 heavy (non-hydrogen) atoms. The molecule has 0 aliphatic heterocycles. The van der Waals surface area contributed by atoms with Crippen LogP contribution in [0.2, 0.25) is 5.02 Å². The molecule has 0 saturated heterocycles. The molecule has 2 rings (SSSR count). The van der Waals surface area contributed by atoms with Crippen LogP contribution in [0.25, 0.3) is 0 Å². The third-order valence-corrected chi connectivity index (χ3v) is 4.53. The molecule has 0 bridgehead atoms. The van der Waals surface area contributed by atoms with Gasteiger partial charge in [0.15, 0.2) is 0 Å². The molecule has 3 nitrogen and oxygen atoms in total. The van der Waals surface area contributed by atoms with Crippen LogP contribution in [0.15, 0.2) is 43.0 Å². The molecule has 0 saturated carbocycles. The van der Waals surface area contributed by atoms with Crippen LogP contribution < -0.4 is 10.1 Å². The SMILES string of the molecule is C=CCC(O)c1ccc(CNC)c(Oc2ccc(Cl)c(C)c2C)c1. The number of hydrogen-bond acceptors (Lipinski definition) is 3. The average molecular weight is 346 g/mol. The molecule has 2 aromatic rings. The van der Waals surface area contributed by atoms with Gasteiger partial charge in [-0.25, -0.2) is 0 Å². The molecule has 1 unspecified atom stereocenters. The number of nitrogens with one attached hydrogen (secondary N) is 1. The number of aliphatic hydroxyl groups is 1. The first-order chi connectivity index (χ1) is 11.5. The van der Waals surface area contributed by atoms with Crippen molar-refractivity contribution >= 4 is 11.6 Å². The lowest BCUT2D eigenvalue weighted by Crippen LogP contribution is -2.07. The van der Waals surface area contributed by atoms with Crippen LogP contribution in [0.5, 0.6) is 11.5 Å². The van der Waals surface area contributed by atoms with Crippen molar-refractivity contribution in [3.63, 3.8) is 0 Å². The topological polar surface area (TPSA) is 41.5 Å². The summed E-state index contributed by atoms with van der Waals surface area (Å²) in [4.78, 5) is 0. The number of ether oxygens (including phenoxy) is 1. The Morgan fingerprint density at radius 1 is 1.21 bits per heavy atom. The maximum Gasteiger partial charge on any atom is 0.132 e. The standard InChI is InChI=1S/C20H24ClNO2/c1-5-6-18(23)15-7-8-16(12-22-4)20(11-15)24-19-10-9-17(21)13(2)14(19)3/h5,7-11,18,22-23H,1,6,12H2,2-4H3. The molecule has 0 heterocycles. The van der Waals surface area contributed by atoms with Gasteiger partial charge in [0, 0.05) is 17.1 Å². The predicted octanol–water partition coefficient (Wildman–Crippen LogP) is 5.08. The first-order valence-electron chi connectivity index (χ1n) is 7.97. The summed E-state index contributed by atoms with van der Waals surface area (Å²) in [7, 11) is 1.89. The second-order valence-corrected chi connectivity index (χ2v) is 6.24. The van der Waals surface area contributed by atoms with Gasteiger partial charge in [0.1, 0.15) is 11.5 Å². The monoisotopic (exact) mass is 345 g/mol. The molecule has 2 aromatic carbocycles. The maximum absolute atomic E-state index is 10.2. The molecule has 0 aromatic heterocycles. The van der Waals surface area contributed by atoms with Crippen LogP contribution in [0.1, 0.15) is 34.8 Å². The van der Waals surface area contributed by atoms with Gasteiger partial charge in [-0.15, -0.1) is 6.58 Å². The Kier molecular flexibility index (Phi) is 6.44. The van der Waals surface area contributed by atoms with Gasteiger partial charge >= 0.3 is 0 Å². The zero-order valence-corrected chi connectivity index (χ0v) is 15.2. The Bertz CT molecular complexity index is 728. The van der Waals surface area contributed by atoms with E-state index in [-0.39, 0.29) is 0 Å². The van der Waals surface area contributed by atoms with E-state index in [0.29, 0.717) is 13.0 Å². The van der Waals surface area contributed by atoms with E-state index in [9.17, 15) is 5.11 Å². The molecule has 0 aliphatic rings. The zero-order chi connectivity index (χ0) is 17.7. The fraction of sp³-hybridized carbons (Fsp3) is 0.300. The minimum atomic E-state index is -0.582. The minimum Gasteiger partial charge on any atom is -0.457 e. The van der Waals surface area contributed by atoms with Crippen molar-refractivity contribution < 1.29 is 9.84 Å². The van der Waals surface area contributed by atoms with Gasteiger partial charge in [0.05, 0.1) is 6.10 Å². The highest BCUT2D eigenvalue weighted by atomic mass is 35.5. The van der Waals surface area contributed by atoms with Crippen LogP contribution >= 0.6 is 11.6 Å². The fourth-order valence-corrected chi connectivity index (χ4v) is 2.70. The van der Waals surface area contributed by atoms with Gasteiger partial charge in [-0.1, -0.05) is 29.8 Å². The summed E-state index contributed by atoms with van der Waals surface area (Å²) in [5, 5.41) is 14.1. The quantitative estimate of drug-likeness (QED) is 0.688. The minimum absolute atomic E-state index is 0.504. The Hall–Kier alpha value is -1.81. The molecule has 0 aliphatic carbocycles. The van der Waals surface area contributed by atoms with Crippen LogP contribution in [-0.4, -0.2) is 12.2 Å². The molecule has 0 spiro atoms. The van der Waals surface area contributed by atoms with Gasteiger partial charge in [-0.3, -0.25) is 0 Å². The Morgan fingerprint density at radius 2 is 1.96 bits per heavy atom. The van der Waals surface area contributed by atoms with E-state index in [2.05, 4.69) is 11.9 Å². The van der Waals surface area contributed by atoms with Crippen molar-refractivity contribution in [3.8, 4) is 11.5 Å². The summed E-state index contributed by atoms with van der Waals surface area (Å²) in [6.45, 7) is 8.32. The zero-order valence-electron chi connectivity index (χ0n) is 14.4. The molecule has 128 valence electrons. The van der Waals surface area contributed by atoms with Crippen LogP contribution in [0.3, 0.4) is 0 Å². The summed E-state index contributed by atoms with van der Waals surface area (Å²) in [6, 6.07) is 9.51. The molecular weight excluding hydrogens is 322 g/mol. The lowest BCUT2D eigenvalue weighted by Gasteiger charge is -2.17. The van der Waals surface area contributed by atoms with Gasteiger partial charge in [0.25, 0.3) is 0 Å². The fourth-order valence-electron chi connectivity index (χ4n) is 2.50.